The van der Waals surface area contributed by atoms with Gasteiger partial charge in [-0.15, -0.1) is 11.3 Å². The molecule has 0 aromatic carbocycles. The van der Waals surface area contributed by atoms with Crippen LogP contribution in [0.3, 0.4) is 0 Å². The number of aryl methyl sites for hydroxylation is 2. The zero-order valence-electron chi connectivity index (χ0n) is 17.5. The van der Waals surface area contributed by atoms with Crippen LogP contribution in [-0.2, 0) is 22.7 Å². The molecule has 0 spiro atoms. The van der Waals surface area contributed by atoms with Crippen molar-refractivity contribution in [2.45, 2.75) is 63.3 Å². The van der Waals surface area contributed by atoms with Gasteiger partial charge in [-0.25, -0.2) is 18.4 Å². The second-order valence-corrected chi connectivity index (χ2v) is 12.9. The summed E-state index contributed by atoms with van der Waals surface area (Å²) in [6, 6.07) is 0.508. The van der Waals surface area contributed by atoms with Crippen molar-refractivity contribution in [2.75, 3.05) is 42.6 Å². The van der Waals surface area contributed by atoms with Gasteiger partial charge >= 0.3 is 0 Å². The van der Waals surface area contributed by atoms with Gasteiger partial charge in [0.2, 0.25) is 0 Å². The summed E-state index contributed by atoms with van der Waals surface area (Å²) in [5.74, 6) is 3.48. The van der Waals surface area contributed by atoms with E-state index >= 15 is 0 Å². The molecule has 0 atom stereocenters. The predicted molar refractivity (Wildman–Crippen MR) is 121 cm³/mol. The maximum atomic E-state index is 11.8. The van der Waals surface area contributed by atoms with Crippen LogP contribution in [0.25, 0.3) is 10.2 Å². The highest BCUT2D eigenvalue weighted by Gasteiger charge is 2.33. The zero-order valence-corrected chi connectivity index (χ0v) is 19.1. The van der Waals surface area contributed by atoms with E-state index in [-0.39, 0.29) is 0 Å². The van der Waals surface area contributed by atoms with Crippen LogP contribution in [0.2, 0.25) is 0 Å². The fourth-order valence-corrected chi connectivity index (χ4v) is 7.93. The first kappa shape index (κ1) is 19.4. The Hall–Kier alpha value is -1.25. The lowest BCUT2D eigenvalue weighted by molar-refractivity contribution is 0.182. The number of sulfone groups is 1. The van der Waals surface area contributed by atoms with E-state index in [1.54, 1.807) is 4.88 Å². The number of piperidine rings is 1. The molecule has 0 N–H and O–H groups in total. The molecule has 2 aliphatic carbocycles. The lowest BCUT2D eigenvalue weighted by Gasteiger charge is -2.40. The first-order valence-corrected chi connectivity index (χ1v) is 14.2. The van der Waals surface area contributed by atoms with Gasteiger partial charge < -0.3 is 4.90 Å². The number of rotatable bonds is 3. The van der Waals surface area contributed by atoms with Crippen LogP contribution in [0.4, 0.5) is 5.82 Å². The smallest absolute Gasteiger partial charge is 0.152 e. The molecule has 0 bridgehead atoms. The zero-order chi connectivity index (χ0) is 20.3. The summed E-state index contributed by atoms with van der Waals surface area (Å²) in [6.45, 7) is 3.42. The van der Waals surface area contributed by atoms with Crippen LogP contribution in [-0.4, -0.2) is 67.0 Å². The summed E-state index contributed by atoms with van der Waals surface area (Å²) >= 11 is 1.92. The molecule has 0 unspecified atom stereocenters. The molecule has 2 aromatic heterocycles. The van der Waals surface area contributed by atoms with E-state index < -0.39 is 9.84 Å². The molecule has 1 saturated carbocycles. The Labute approximate surface area is 182 Å². The van der Waals surface area contributed by atoms with E-state index in [9.17, 15) is 8.42 Å². The lowest BCUT2D eigenvalue weighted by Crippen LogP contribution is -2.50. The van der Waals surface area contributed by atoms with Gasteiger partial charge in [0.25, 0.3) is 0 Å². The first-order chi connectivity index (χ1) is 14.6. The van der Waals surface area contributed by atoms with E-state index in [4.69, 9.17) is 9.97 Å². The van der Waals surface area contributed by atoms with Crippen molar-refractivity contribution >= 4 is 37.2 Å². The summed E-state index contributed by atoms with van der Waals surface area (Å²) < 4.78 is 23.6. The number of aromatic nitrogens is 2. The molecule has 2 aliphatic heterocycles. The molecule has 4 heterocycles. The Bertz CT molecular complexity index is 1050. The normalized spacial score (nSPS) is 25.5. The Balaban J connectivity index is 1.27. The van der Waals surface area contributed by atoms with E-state index in [0.29, 0.717) is 36.6 Å². The summed E-state index contributed by atoms with van der Waals surface area (Å²) in [6.07, 6.45) is 9.61. The second-order valence-electron chi connectivity index (χ2n) is 9.48. The predicted octanol–water partition coefficient (Wildman–Crippen LogP) is 3.15. The summed E-state index contributed by atoms with van der Waals surface area (Å²) in [4.78, 5) is 17.9. The molecule has 162 valence electrons. The number of thiophene rings is 1. The maximum absolute atomic E-state index is 11.8. The monoisotopic (exact) mass is 446 g/mol. The van der Waals surface area contributed by atoms with Crippen LogP contribution in [0.15, 0.2) is 0 Å². The summed E-state index contributed by atoms with van der Waals surface area (Å²) in [5, 5.41) is 1.35. The molecule has 2 saturated heterocycles. The van der Waals surface area contributed by atoms with Crippen molar-refractivity contribution in [3.63, 3.8) is 0 Å². The quantitative estimate of drug-likeness (QED) is 0.722. The number of nitrogens with zero attached hydrogens (tertiary/aromatic N) is 4. The first-order valence-electron chi connectivity index (χ1n) is 11.6. The van der Waals surface area contributed by atoms with Gasteiger partial charge in [0.05, 0.1) is 16.9 Å². The molecule has 4 aliphatic rings. The largest absolute Gasteiger partial charge is 0.356 e. The van der Waals surface area contributed by atoms with Crippen molar-refractivity contribution in [1.82, 2.24) is 14.9 Å². The average molecular weight is 447 g/mol. The van der Waals surface area contributed by atoms with Gasteiger partial charge in [-0.3, -0.25) is 4.90 Å². The maximum Gasteiger partial charge on any atom is 0.152 e. The standard InChI is InChI=1S/C22H30N4O2S2/c27-30(28)13-11-25(12-14-30)16-7-9-26(10-8-16)21-19-17-3-1-2-4-18(17)29-22(19)24-20(23-21)15-5-6-15/h15-16H,1-14H2. The number of hydrogen-bond donors (Lipinski definition) is 0. The van der Waals surface area contributed by atoms with Crippen LogP contribution < -0.4 is 4.90 Å². The highest BCUT2D eigenvalue weighted by atomic mass is 32.2. The number of hydrogen-bond acceptors (Lipinski definition) is 7. The molecular formula is C22H30N4O2S2. The summed E-state index contributed by atoms with van der Waals surface area (Å²) in [5.41, 5.74) is 1.53. The summed E-state index contributed by atoms with van der Waals surface area (Å²) in [7, 11) is -2.81. The minimum Gasteiger partial charge on any atom is -0.356 e. The molecule has 6 nitrogen and oxygen atoms in total. The van der Waals surface area contributed by atoms with Gasteiger partial charge in [-0.05, 0) is 56.9 Å². The van der Waals surface area contributed by atoms with Crippen LogP contribution >= 0.6 is 11.3 Å². The van der Waals surface area contributed by atoms with Crippen molar-refractivity contribution in [1.29, 1.82) is 0 Å². The Morgan fingerprint density at radius 3 is 2.37 bits per heavy atom. The van der Waals surface area contributed by atoms with Crippen molar-refractivity contribution in [3.8, 4) is 0 Å². The van der Waals surface area contributed by atoms with E-state index in [0.717, 1.165) is 31.8 Å². The van der Waals surface area contributed by atoms with E-state index in [1.807, 2.05) is 11.3 Å². The second kappa shape index (κ2) is 7.41. The van der Waals surface area contributed by atoms with Crippen molar-refractivity contribution < 1.29 is 8.42 Å². The van der Waals surface area contributed by atoms with Crippen LogP contribution in [0.5, 0.6) is 0 Å². The third-order valence-corrected chi connectivity index (χ3v) is 10.2. The van der Waals surface area contributed by atoms with E-state index in [2.05, 4.69) is 9.80 Å². The Morgan fingerprint density at radius 1 is 0.900 bits per heavy atom. The fraction of sp³-hybridized carbons (Fsp3) is 0.727. The molecule has 8 heteroatoms. The molecule has 2 aromatic rings. The van der Waals surface area contributed by atoms with Crippen LogP contribution in [0.1, 0.15) is 60.7 Å². The minimum absolute atomic E-state index is 0.325. The van der Waals surface area contributed by atoms with Crippen LogP contribution in [0, 0.1) is 0 Å². The molecule has 6 rings (SSSR count). The van der Waals surface area contributed by atoms with Gasteiger partial charge in [0.1, 0.15) is 16.5 Å². The molecular weight excluding hydrogens is 416 g/mol. The molecule has 0 amide bonds. The average Bonchev–Trinajstić information content (AvgIpc) is 3.54. The molecule has 30 heavy (non-hydrogen) atoms. The van der Waals surface area contributed by atoms with Crippen molar-refractivity contribution in [2.24, 2.45) is 0 Å². The lowest BCUT2D eigenvalue weighted by atomic mass is 9.96. The number of anilines is 1. The minimum atomic E-state index is -2.81. The topological polar surface area (TPSA) is 66.4 Å². The fourth-order valence-electron chi connectivity index (χ4n) is 5.44. The molecule has 0 radical (unpaired) electrons. The van der Waals surface area contributed by atoms with Gasteiger partial charge in [0.15, 0.2) is 9.84 Å². The third kappa shape index (κ3) is 3.54. The highest BCUT2D eigenvalue weighted by Crippen LogP contribution is 2.44. The Kier molecular flexibility index (Phi) is 4.80. The van der Waals surface area contributed by atoms with E-state index in [1.165, 1.54) is 60.1 Å². The van der Waals surface area contributed by atoms with Gasteiger partial charge in [-0.1, -0.05) is 0 Å². The van der Waals surface area contributed by atoms with Gasteiger partial charge in [-0.2, -0.15) is 0 Å². The Morgan fingerprint density at radius 2 is 1.63 bits per heavy atom. The third-order valence-electron chi connectivity index (χ3n) is 7.41. The SMILES string of the molecule is O=S1(=O)CCN(C2CCN(c3nc(C4CC4)nc4sc5c(c34)CCCC5)CC2)CC1. The van der Waals surface area contributed by atoms with Crippen molar-refractivity contribution in [3.05, 3.63) is 16.3 Å². The van der Waals surface area contributed by atoms with Gasteiger partial charge in [0, 0.05) is 43.0 Å². The number of fused-ring (bicyclic) bond motifs is 3. The molecule has 3 fully saturated rings. The highest BCUT2D eigenvalue weighted by molar-refractivity contribution is 7.91.